The van der Waals surface area contributed by atoms with Crippen LogP contribution in [0.4, 0.5) is 5.69 Å². The Balaban J connectivity index is 1.91. The molecule has 2 aromatic heterocycles. The fourth-order valence-electron chi connectivity index (χ4n) is 2.57. The van der Waals surface area contributed by atoms with Crippen molar-refractivity contribution in [2.75, 3.05) is 11.4 Å². The van der Waals surface area contributed by atoms with Crippen LogP contribution < -0.4 is 4.90 Å². The summed E-state index contributed by atoms with van der Waals surface area (Å²) in [5, 5.41) is 4.77. The van der Waals surface area contributed by atoms with Crippen LogP contribution in [0.2, 0.25) is 0 Å². The number of aromatic nitrogens is 1. The minimum atomic E-state index is -0.0449. The van der Waals surface area contributed by atoms with Crippen molar-refractivity contribution in [3.8, 4) is 9.88 Å². The number of thiazole rings is 1. The number of benzene rings is 1. The Bertz CT molecular complexity index is 801. The third kappa shape index (κ3) is 3.35. The lowest BCUT2D eigenvalue weighted by Crippen LogP contribution is -2.31. The summed E-state index contributed by atoms with van der Waals surface area (Å²) in [7, 11) is 0. The number of carbonyl (C=O) groups is 1. The molecule has 5 heteroatoms. The maximum atomic E-state index is 12.9. The van der Waals surface area contributed by atoms with Crippen molar-refractivity contribution < 1.29 is 4.79 Å². The minimum absolute atomic E-state index is 0.0449. The van der Waals surface area contributed by atoms with Crippen molar-refractivity contribution in [3.63, 3.8) is 0 Å². The highest BCUT2D eigenvalue weighted by Crippen LogP contribution is 2.29. The fraction of sp³-hybridized carbons (Fsp3) is 0.222. The molecule has 23 heavy (non-hydrogen) atoms. The number of hydrogen-bond donors (Lipinski definition) is 0. The summed E-state index contributed by atoms with van der Waals surface area (Å²) in [5.74, 6) is -0.0449. The first-order chi connectivity index (χ1) is 11.1. The van der Waals surface area contributed by atoms with Gasteiger partial charge in [0, 0.05) is 17.6 Å². The van der Waals surface area contributed by atoms with Gasteiger partial charge in [-0.05, 0) is 55.5 Å². The molecule has 0 radical (unpaired) electrons. The number of rotatable bonds is 4. The van der Waals surface area contributed by atoms with Gasteiger partial charge in [-0.15, -0.1) is 22.7 Å². The molecule has 1 amide bonds. The van der Waals surface area contributed by atoms with Crippen LogP contribution in [0.1, 0.15) is 28.5 Å². The maximum absolute atomic E-state index is 12.9. The number of carbonyl (C=O) groups excluding carboxylic acids is 1. The predicted molar refractivity (Wildman–Crippen MR) is 98.7 cm³/mol. The molecule has 0 N–H and O–H groups in total. The molecule has 0 spiro atoms. The first-order valence-electron chi connectivity index (χ1n) is 7.48. The van der Waals surface area contributed by atoms with Crippen LogP contribution in [-0.2, 0) is 0 Å². The lowest BCUT2D eigenvalue weighted by atomic mass is 10.1. The Morgan fingerprint density at radius 1 is 1.17 bits per heavy atom. The van der Waals surface area contributed by atoms with Crippen LogP contribution in [0.25, 0.3) is 9.88 Å². The van der Waals surface area contributed by atoms with Gasteiger partial charge in [0.1, 0.15) is 10.7 Å². The monoisotopic (exact) mass is 342 g/mol. The Labute approximate surface area is 144 Å². The van der Waals surface area contributed by atoms with Crippen LogP contribution >= 0.6 is 22.7 Å². The number of anilines is 1. The molecule has 2 heterocycles. The molecule has 3 aromatic rings. The summed E-state index contributed by atoms with van der Waals surface area (Å²) >= 11 is 3.16. The van der Waals surface area contributed by atoms with Gasteiger partial charge in [0.05, 0.1) is 4.88 Å². The van der Waals surface area contributed by atoms with E-state index in [0.29, 0.717) is 12.2 Å². The van der Waals surface area contributed by atoms with Gasteiger partial charge in [0.25, 0.3) is 5.91 Å². The van der Waals surface area contributed by atoms with E-state index in [2.05, 4.69) is 11.1 Å². The van der Waals surface area contributed by atoms with Gasteiger partial charge >= 0.3 is 0 Å². The number of hydrogen-bond acceptors (Lipinski definition) is 4. The van der Waals surface area contributed by atoms with E-state index in [-0.39, 0.29) is 5.91 Å². The molecule has 0 atom stereocenters. The van der Waals surface area contributed by atoms with Crippen molar-refractivity contribution in [2.24, 2.45) is 0 Å². The highest BCUT2D eigenvalue weighted by atomic mass is 32.1. The zero-order valence-corrected chi connectivity index (χ0v) is 15.0. The third-order valence-electron chi connectivity index (χ3n) is 3.53. The molecule has 3 nitrogen and oxygen atoms in total. The van der Waals surface area contributed by atoms with Crippen LogP contribution in [0.3, 0.4) is 0 Å². The fourth-order valence-corrected chi connectivity index (χ4v) is 4.18. The molecule has 0 aliphatic carbocycles. The molecular formula is C18H18N2OS2. The second-order valence-corrected chi connectivity index (χ2v) is 7.22. The largest absolute Gasteiger partial charge is 0.307 e. The van der Waals surface area contributed by atoms with E-state index >= 15 is 0 Å². The van der Waals surface area contributed by atoms with E-state index in [4.69, 9.17) is 0 Å². The van der Waals surface area contributed by atoms with Gasteiger partial charge in [-0.2, -0.15) is 0 Å². The summed E-state index contributed by atoms with van der Waals surface area (Å²) in [5.41, 5.74) is 3.76. The van der Waals surface area contributed by atoms with E-state index < -0.39 is 0 Å². The highest BCUT2D eigenvalue weighted by Gasteiger charge is 2.20. The molecule has 0 fully saturated rings. The summed E-state index contributed by atoms with van der Waals surface area (Å²) in [6.07, 6.45) is 0. The normalized spacial score (nSPS) is 10.7. The first-order valence-corrected chi connectivity index (χ1v) is 9.24. The zero-order valence-electron chi connectivity index (χ0n) is 13.4. The number of aryl methyl sites for hydroxylation is 2. The van der Waals surface area contributed by atoms with Crippen molar-refractivity contribution in [1.82, 2.24) is 4.98 Å². The van der Waals surface area contributed by atoms with E-state index in [1.165, 1.54) is 11.3 Å². The Hall–Kier alpha value is -1.98. The molecule has 0 bridgehead atoms. The molecular weight excluding hydrogens is 324 g/mol. The zero-order chi connectivity index (χ0) is 16.4. The van der Waals surface area contributed by atoms with Crippen LogP contribution in [0, 0.1) is 13.8 Å². The van der Waals surface area contributed by atoms with E-state index in [1.54, 1.807) is 16.2 Å². The standard InChI is InChI=1S/C18H18N2OS2/c1-4-20(14-9-12(2)8-13(3)10-14)18(21)15-11-23-17(19-15)16-6-5-7-22-16/h5-11H,4H2,1-3H3. The summed E-state index contributed by atoms with van der Waals surface area (Å²) in [6, 6.07) is 10.2. The number of nitrogens with zero attached hydrogens (tertiary/aromatic N) is 2. The second kappa shape index (κ2) is 6.64. The van der Waals surface area contributed by atoms with Crippen LogP contribution in [0.15, 0.2) is 41.1 Å². The second-order valence-electron chi connectivity index (χ2n) is 5.41. The van der Waals surface area contributed by atoms with E-state index in [0.717, 1.165) is 26.7 Å². The Morgan fingerprint density at radius 3 is 2.52 bits per heavy atom. The smallest absolute Gasteiger partial charge is 0.277 e. The molecule has 1 aromatic carbocycles. The minimum Gasteiger partial charge on any atom is -0.307 e. The molecule has 0 saturated heterocycles. The summed E-state index contributed by atoms with van der Waals surface area (Å²) < 4.78 is 0. The van der Waals surface area contributed by atoms with Crippen molar-refractivity contribution in [3.05, 3.63) is 57.9 Å². The molecule has 0 aliphatic rings. The van der Waals surface area contributed by atoms with Gasteiger partial charge in [0.2, 0.25) is 0 Å². The average Bonchev–Trinajstić information content (AvgIpc) is 3.18. The SMILES string of the molecule is CCN(C(=O)c1csc(-c2cccs2)n1)c1cc(C)cc(C)c1. The van der Waals surface area contributed by atoms with Gasteiger partial charge in [-0.1, -0.05) is 12.1 Å². The molecule has 0 saturated carbocycles. The van der Waals surface area contributed by atoms with E-state index in [9.17, 15) is 4.79 Å². The number of thiophene rings is 1. The highest BCUT2D eigenvalue weighted by molar-refractivity contribution is 7.20. The number of amides is 1. The summed E-state index contributed by atoms with van der Waals surface area (Å²) in [4.78, 5) is 20.3. The lowest BCUT2D eigenvalue weighted by Gasteiger charge is -2.21. The first kappa shape index (κ1) is 15.9. The van der Waals surface area contributed by atoms with Crippen molar-refractivity contribution in [2.45, 2.75) is 20.8 Å². The topological polar surface area (TPSA) is 33.2 Å². The Kier molecular flexibility index (Phi) is 4.59. The quantitative estimate of drug-likeness (QED) is 0.656. The maximum Gasteiger partial charge on any atom is 0.277 e. The molecule has 118 valence electrons. The van der Waals surface area contributed by atoms with Crippen molar-refractivity contribution >= 4 is 34.3 Å². The average molecular weight is 342 g/mol. The lowest BCUT2D eigenvalue weighted by molar-refractivity contribution is 0.0984. The molecule has 0 aliphatic heterocycles. The van der Waals surface area contributed by atoms with Gasteiger partial charge in [0.15, 0.2) is 0 Å². The summed E-state index contributed by atoms with van der Waals surface area (Å²) in [6.45, 7) is 6.70. The van der Waals surface area contributed by atoms with Gasteiger partial charge in [-0.3, -0.25) is 4.79 Å². The van der Waals surface area contributed by atoms with Crippen LogP contribution in [0.5, 0.6) is 0 Å². The van der Waals surface area contributed by atoms with Crippen molar-refractivity contribution in [1.29, 1.82) is 0 Å². The third-order valence-corrected chi connectivity index (χ3v) is 5.42. The van der Waals surface area contributed by atoms with E-state index in [1.807, 2.05) is 55.8 Å². The van der Waals surface area contributed by atoms with Crippen LogP contribution in [-0.4, -0.2) is 17.4 Å². The predicted octanol–water partition coefficient (Wildman–Crippen LogP) is 5.16. The van der Waals surface area contributed by atoms with Gasteiger partial charge < -0.3 is 4.90 Å². The molecule has 3 rings (SSSR count). The van der Waals surface area contributed by atoms with Gasteiger partial charge in [-0.25, -0.2) is 4.98 Å². The molecule has 0 unspecified atom stereocenters. The Morgan fingerprint density at radius 2 is 1.91 bits per heavy atom.